The van der Waals surface area contributed by atoms with E-state index in [2.05, 4.69) is 4.98 Å². The lowest BCUT2D eigenvalue weighted by molar-refractivity contribution is -0.128. The van der Waals surface area contributed by atoms with Crippen LogP contribution < -0.4 is 16.0 Å². The van der Waals surface area contributed by atoms with E-state index in [0.29, 0.717) is 30.9 Å². The second-order valence-electron chi connectivity index (χ2n) is 6.07. The van der Waals surface area contributed by atoms with Gasteiger partial charge < -0.3 is 20.4 Å². The summed E-state index contributed by atoms with van der Waals surface area (Å²) < 4.78 is 5.65. The number of H-pyrrole nitrogens is 1. The topological polar surface area (TPSA) is 136 Å². The van der Waals surface area contributed by atoms with Crippen LogP contribution in [0.1, 0.15) is 24.0 Å². The number of benzene rings is 1. The van der Waals surface area contributed by atoms with Crippen molar-refractivity contribution in [2.75, 3.05) is 25.4 Å². The van der Waals surface area contributed by atoms with E-state index >= 15 is 0 Å². The monoisotopic (exact) mass is 363 g/mol. The molecule has 1 aliphatic heterocycles. The van der Waals surface area contributed by atoms with Crippen LogP contribution in [0.3, 0.4) is 0 Å². The van der Waals surface area contributed by atoms with Crippen LogP contribution in [0.4, 0.5) is 5.82 Å². The van der Waals surface area contributed by atoms with Gasteiger partial charge in [-0.05, 0) is 24.1 Å². The number of nitrogens with zero attached hydrogens (tertiary/aromatic N) is 3. The first-order valence-electron chi connectivity index (χ1n) is 8.42. The number of amides is 1. The van der Waals surface area contributed by atoms with E-state index < -0.39 is 5.56 Å². The molecule has 0 radical (unpaired) electrons. The molecule has 3 N–H and O–H groups in total. The summed E-state index contributed by atoms with van der Waals surface area (Å²) in [5, 5.41) is 18.6. The van der Waals surface area contributed by atoms with Crippen molar-refractivity contribution in [2.45, 2.75) is 12.8 Å². The Balaban J connectivity index is 1.80. The smallest absolute Gasteiger partial charge is 0.268 e. The zero-order valence-corrected chi connectivity index (χ0v) is 14.5. The molecule has 0 atom stereocenters. The first-order chi connectivity index (χ1) is 13.0. The molecule has 136 valence electrons. The number of aromatic amines is 1. The van der Waals surface area contributed by atoms with Crippen molar-refractivity contribution in [3.8, 4) is 29.0 Å². The van der Waals surface area contributed by atoms with Crippen molar-refractivity contribution in [2.24, 2.45) is 0 Å². The van der Waals surface area contributed by atoms with Crippen LogP contribution in [0.15, 0.2) is 29.1 Å². The fraction of sp³-hybridized carbons (Fsp3) is 0.263. The Morgan fingerprint density at radius 1 is 1.15 bits per heavy atom. The maximum atomic E-state index is 12.0. The van der Waals surface area contributed by atoms with Gasteiger partial charge in [-0.25, -0.2) is 0 Å². The summed E-state index contributed by atoms with van der Waals surface area (Å²) in [6.07, 6.45) is 1.48. The number of ether oxygens (including phenoxy) is 1. The Morgan fingerprint density at radius 3 is 2.44 bits per heavy atom. The van der Waals surface area contributed by atoms with Gasteiger partial charge in [-0.15, -0.1) is 0 Å². The molecule has 0 unspecified atom stereocenters. The quantitative estimate of drug-likeness (QED) is 0.823. The summed E-state index contributed by atoms with van der Waals surface area (Å²) in [6, 6.07) is 10.4. The van der Waals surface area contributed by atoms with Crippen LogP contribution in [-0.2, 0) is 4.79 Å². The number of nitrogens with one attached hydrogen (secondary N) is 1. The SMILES string of the molecule is N#Cc1c(N)[nH]c(=O)c(C#N)c1-c1ccc(OCCN2CCCC2=O)cc1. The summed E-state index contributed by atoms with van der Waals surface area (Å²) in [5.41, 5.74) is 5.68. The van der Waals surface area contributed by atoms with E-state index in [-0.39, 0.29) is 28.4 Å². The fourth-order valence-corrected chi connectivity index (χ4v) is 3.06. The van der Waals surface area contributed by atoms with E-state index in [4.69, 9.17) is 10.5 Å². The molecule has 0 spiro atoms. The predicted octanol–water partition coefficient (Wildman–Crippen LogP) is 1.37. The van der Waals surface area contributed by atoms with E-state index in [1.807, 2.05) is 12.1 Å². The molecular weight excluding hydrogens is 346 g/mol. The maximum absolute atomic E-state index is 12.0. The highest BCUT2D eigenvalue weighted by Crippen LogP contribution is 2.29. The van der Waals surface area contributed by atoms with Crippen LogP contribution in [0, 0.1) is 22.7 Å². The van der Waals surface area contributed by atoms with E-state index in [0.717, 1.165) is 13.0 Å². The van der Waals surface area contributed by atoms with Crippen molar-refractivity contribution < 1.29 is 9.53 Å². The maximum Gasteiger partial charge on any atom is 0.268 e. The molecular formula is C19H17N5O3. The Hall–Kier alpha value is -3.78. The normalized spacial score (nSPS) is 13.3. The molecule has 2 heterocycles. The number of anilines is 1. The van der Waals surface area contributed by atoms with Crippen molar-refractivity contribution in [1.82, 2.24) is 9.88 Å². The molecule has 8 nitrogen and oxygen atoms in total. The van der Waals surface area contributed by atoms with Gasteiger partial charge in [-0.3, -0.25) is 9.59 Å². The molecule has 0 aliphatic carbocycles. The number of carbonyl (C=O) groups is 1. The molecule has 3 rings (SSSR count). The molecule has 27 heavy (non-hydrogen) atoms. The number of hydrogen-bond acceptors (Lipinski definition) is 6. The zero-order valence-electron chi connectivity index (χ0n) is 14.5. The summed E-state index contributed by atoms with van der Waals surface area (Å²) >= 11 is 0. The second kappa shape index (κ2) is 7.63. The van der Waals surface area contributed by atoms with Gasteiger partial charge in [-0.1, -0.05) is 12.1 Å². The largest absolute Gasteiger partial charge is 0.492 e. The van der Waals surface area contributed by atoms with Gasteiger partial charge in [0.1, 0.15) is 41.4 Å². The minimum atomic E-state index is -0.639. The number of hydrogen-bond donors (Lipinski definition) is 2. The molecule has 1 aliphatic rings. The van der Waals surface area contributed by atoms with Gasteiger partial charge in [-0.2, -0.15) is 10.5 Å². The molecule has 1 saturated heterocycles. The molecule has 2 aromatic rings. The highest BCUT2D eigenvalue weighted by Gasteiger charge is 2.20. The molecule has 1 aromatic carbocycles. The number of nitrogen functional groups attached to an aromatic ring is 1. The van der Waals surface area contributed by atoms with Gasteiger partial charge in [0.15, 0.2) is 0 Å². The van der Waals surface area contributed by atoms with Crippen molar-refractivity contribution in [3.63, 3.8) is 0 Å². The Labute approximate surface area is 155 Å². The molecule has 1 amide bonds. The number of nitriles is 2. The van der Waals surface area contributed by atoms with Crippen LogP contribution in [0.2, 0.25) is 0 Å². The number of carbonyl (C=O) groups excluding carboxylic acids is 1. The number of rotatable bonds is 5. The van der Waals surface area contributed by atoms with Gasteiger partial charge >= 0.3 is 0 Å². The number of nitrogens with two attached hydrogens (primary N) is 1. The Bertz CT molecular complexity index is 1010. The van der Waals surface area contributed by atoms with E-state index in [1.54, 1.807) is 29.2 Å². The van der Waals surface area contributed by atoms with Crippen molar-refractivity contribution in [3.05, 3.63) is 45.7 Å². The minimum Gasteiger partial charge on any atom is -0.492 e. The number of pyridine rings is 1. The first-order valence-corrected chi connectivity index (χ1v) is 8.42. The minimum absolute atomic E-state index is 0.0485. The molecule has 8 heteroatoms. The van der Waals surface area contributed by atoms with E-state index in [1.165, 1.54) is 0 Å². The lowest BCUT2D eigenvalue weighted by Gasteiger charge is -2.16. The van der Waals surface area contributed by atoms with Gasteiger partial charge in [0.2, 0.25) is 5.91 Å². The third-order valence-electron chi connectivity index (χ3n) is 4.41. The summed E-state index contributed by atoms with van der Waals surface area (Å²) in [5.74, 6) is 0.654. The van der Waals surface area contributed by atoms with Gasteiger partial charge in [0.05, 0.1) is 6.54 Å². The Kier molecular flexibility index (Phi) is 5.09. The highest BCUT2D eigenvalue weighted by molar-refractivity contribution is 5.80. The number of likely N-dealkylation sites (tertiary alicyclic amines) is 1. The highest BCUT2D eigenvalue weighted by atomic mass is 16.5. The summed E-state index contributed by atoms with van der Waals surface area (Å²) in [7, 11) is 0. The fourth-order valence-electron chi connectivity index (χ4n) is 3.06. The van der Waals surface area contributed by atoms with E-state index in [9.17, 15) is 20.1 Å². The zero-order chi connectivity index (χ0) is 19.4. The lowest BCUT2D eigenvalue weighted by Crippen LogP contribution is -2.29. The molecule has 1 aromatic heterocycles. The van der Waals surface area contributed by atoms with Crippen LogP contribution >= 0.6 is 0 Å². The third kappa shape index (κ3) is 3.60. The van der Waals surface area contributed by atoms with Gasteiger partial charge in [0, 0.05) is 18.5 Å². The predicted molar refractivity (Wildman–Crippen MR) is 97.7 cm³/mol. The average molecular weight is 363 g/mol. The van der Waals surface area contributed by atoms with Crippen LogP contribution in [0.25, 0.3) is 11.1 Å². The Morgan fingerprint density at radius 2 is 1.85 bits per heavy atom. The molecule has 0 bridgehead atoms. The van der Waals surface area contributed by atoms with Gasteiger partial charge in [0.25, 0.3) is 5.56 Å². The average Bonchev–Trinajstić information content (AvgIpc) is 3.07. The summed E-state index contributed by atoms with van der Waals surface area (Å²) in [6.45, 7) is 1.66. The first kappa shape index (κ1) is 18.0. The molecule has 1 fully saturated rings. The third-order valence-corrected chi connectivity index (χ3v) is 4.41. The van der Waals surface area contributed by atoms with Crippen LogP contribution in [0.5, 0.6) is 5.75 Å². The van der Waals surface area contributed by atoms with Crippen LogP contribution in [-0.4, -0.2) is 35.5 Å². The van der Waals surface area contributed by atoms with Crippen molar-refractivity contribution in [1.29, 1.82) is 10.5 Å². The van der Waals surface area contributed by atoms with Crippen molar-refractivity contribution >= 4 is 11.7 Å². The summed E-state index contributed by atoms with van der Waals surface area (Å²) in [4.78, 5) is 27.6. The standard InChI is InChI=1S/C19H17N5O3/c20-10-14-17(15(11-21)19(26)23-18(14)22)12-3-5-13(6-4-12)27-9-8-24-7-1-2-16(24)25/h3-6H,1-2,7-9H2,(H3,22,23,26). The lowest BCUT2D eigenvalue weighted by atomic mass is 9.97. The molecule has 0 saturated carbocycles. The number of aromatic nitrogens is 1. The second-order valence-corrected chi connectivity index (χ2v) is 6.07.